The van der Waals surface area contributed by atoms with Crippen LogP contribution in [-0.4, -0.2) is 65.0 Å². The fourth-order valence-corrected chi connectivity index (χ4v) is 7.08. The maximum Gasteiger partial charge on any atom is 0.514 e. The molecule has 4 aliphatic rings. The average molecular weight is 578 g/mol. The highest BCUT2D eigenvalue weighted by Gasteiger charge is 2.72. The minimum atomic E-state index is -1.29. The Morgan fingerprint density at radius 3 is 2.52 bits per heavy atom. The first kappa shape index (κ1) is 28.2. The molecule has 1 spiro atoms. The van der Waals surface area contributed by atoms with Crippen LogP contribution < -0.4 is 9.47 Å². The number of hydrogen-bond acceptors (Lipinski definition) is 10. The Balaban J connectivity index is 1.40. The van der Waals surface area contributed by atoms with Crippen LogP contribution in [0.5, 0.6) is 11.5 Å². The Bertz CT molecular complexity index is 1480. The Labute approximate surface area is 244 Å². The largest absolute Gasteiger partial charge is 0.514 e. The molecule has 10 heteroatoms. The number of nitrogens with zero attached hydrogens (tertiary/aromatic N) is 1. The summed E-state index contributed by atoms with van der Waals surface area (Å²) in [5, 5.41) is 12.5. The Morgan fingerprint density at radius 2 is 1.83 bits per heavy atom. The monoisotopic (exact) mass is 577 g/mol. The highest BCUT2D eigenvalue weighted by Crippen LogP contribution is 2.65. The molecule has 1 fully saturated rings. The quantitative estimate of drug-likeness (QED) is 0.316. The molecular weight excluding hydrogens is 542 g/mol. The minimum absolute atomic E-state index is 0.166. The lowest BCUT2D eigenvalue weighted by atomic mass is 9.50. The summed E-state index contributed by atoms with van der Waals surface area (Å²) in [6.45, 7) is 7.13. The van der Waals surface area contributed by atoms with E-state index < -0.39 is 46.9 Å². The summed E-state index contributed by atoms with van der Waals surface area (Å²) in [6, 6.07) is 12.0. The molecule has 222 valence electrons. The van der Waals surface area contributed by atoms with Crippen molar-refractivity contribution in [3.05, 3.63) is 71.0 Å². The number of carbonyl (C=O) groups is 3. The third-order valence-electron chi connectivity index (χ3n) is 8.74. The normalized spacial score (nSPS) is 28.0. The van der Waals surface area contributed by atoms with Gasteiger partial charge in [0, 0.05) is 30.5 Å². The van der Waals surface area contributed by atoms with E-state index in [-0.39, 0.29) is 24.0 Å². The standard InChI is InChI=1S/C32H35NO9/c1-18(34)38-25(19-9-7-6-8-10-19)28(35)39-22-13-14-32(37)23-17-20-11-12-21(40-29(36)42-30(2,3)4)26-24(20)31(32,27(22)41-26)15-16-33(23)5/h6-13,23,25,27,37H,14-17H2,1-5H3/t23-,25?,27+,31+,32-/m1/s1. The Kier molecular flexibility index (Phi) is 6.62. The lowest BCUT2D eigenvalue weighted by Crippen LogP contribution is -2.74. The van der Waals surface area contributed by atoms with E-state index >= 15 is 0 Å². The van der Waals surface area contributed by atoms with E-state index in [2.05, 4.69) is 4.90 Å². The van der Waals surface area contributed by atoms with Crippen LogP contribution in [0.3, 0.4) is 0 Å². The fourth-order valence-electron chi connectivity index (χ4n) is 7.08. The van der Waals surface area contributed by atoms with E-state index in [4.69, 9.17) is 23.7 Å². The topological polar surface area (TPSA) is 121 Å². The molecule has 0 saturated carbocycles. The third kappa shape index (κ3) is 4.35. The van der Waals surface area contributed by atoms with Crippen LogP contribution >= 0.6 is 0 Å². The van der Waals surface area contributed by atoms with Gasteiger partial charge >= 0.3 is 18.1 Å². The van der Waals surface area contributed by atoms with Gasteiger partial charge in [-0.2, -0.15) is 0 Å². The van der Waals surface area contributed by atoms with E-state index in [1.54, 1.807) is 63.2 Å². The molecule has 2 aromatic rings. The zero-order chi connectivity index (χ0) is 30.0. The third-order valence-corrected chi connectivity index (χ3v) is 8.74. The van der Waals surface area contributed by atoms with Crippen molar-refractivity contribution < 1.29 is 43.2 Å². The molecule has 0 amide bonds. The number of carbonyl (C=O) groups excluding carboxylic acids is 3. The number of piperidine rings is 1. The first-order valence-electron chi connectivity index (χ1n) is 14.1. The summed E-state index contributed by atoms with van der Waals surface area (Å²) >= 11 is 0. The summed E-state index contributed by atoms with van der Waals surface area (Å²) in [7, 11) is 2.00. The predicted octanol–water partition coefficient (Wildman–Crippen LogP) is 4.13. The highest BCUT2D eigenvalue weighted by molar-refractivity contribution is 5.81. The minimum Gasteiger partial charge on any atom is -0.477 e. The van der Waals surface area contributed by atoms with Gasteiger partial charge in [0.15, 0.2) is 17.6 Å². The van der Waals surface area contributed by atoms with Crippen molar-refractivity contribution in [1.29, 1.82) is 0 Å². The summed E-state index contributed by atoms with van der Waals surface area (Å²) in [5.41, 5.74) is -0.762. The second-order valence-electron chi connectivity index (χ2n) is 12.5. The van der Waals surface area contributed by atoms with E-state index in [0.717, 1.165) is 11.1 Å². The van der Waals surface area contributed by atoms with Gasteiger partial charge in [0.2, 0.25) is 6.10 Å². The van der Waals surface area contributed by atoms with Crippen molar-refractivity contribution in [2.75, 3.05) is 13.6 Å². The van der Waals surface area contributed by atoms with Crippen molar-refractivity contribution >= 4 is 18.1 Å². The zero-order valence-corrected chi connectivity index (χ0v) is 24.3. The van der Waals surface area contributed by atoms with Gasteiger partial charge in [-0.25, -0.2) is 9.59 Å². The predicted molar refractivity (Wildman–Crippen MR) is 149 cm³/mol. The molecule has 10 nitrogen and oxygen atoms in total. The van der Waals surface area contributed by atoms with E-state index in [1.165, 1.54) is 6.92 Å². The molecule has 5 atom stereocenters. The van der Waals surface area contributed by atoms with Gasteiger partial charge in [0.1, 0.15) is 11.4 Å². The molecule has 2 heterocycles. The van der Waals surface area contributed by atoms with E-state index in [0.29, 0.717) is 30.7 Å². The Morgan fingerprint density at radius 1 is 1.10 bits per heavy atom. The van der Waals surface area contributed by atoms with Crippen LogP contribution in [0.25, 0.3) is 0 Å². The summed E-state index contributed by atoms with van der Waals surface area (Å²) in [6.07, 6.45) is -0.0644. The number of hydrogen-bond donors (Lipinski definition) is 1. The van der Waals surface area contributed by atoms with Crippen LogP contribution in [0.15, 0.2) is 54.3 Å². The van der Waals surface area contributed by atoms with Gasteiger partial charge in [0.05, 0.1) is 11.0 Å². The van der Waals surface area contributed by atoms with Crippen LogP contribution in [-0.2, 0) is 35.6 Å². The maximum absolute atomic E-state index is 13.6. The van der Waals surface area contributed by atoms with E-state index in [1.807, 2.05) is 13.1 Å². The van der Waals surface area contributed by atoms with Crippen molar-refractivity contribution in [2.24, 2.45) is 0 Å². The second-order valence-corrected chi connectivity index (χ2v) is 12.5. The number of likely N-dealkylation sites (tertiary alicyclic amines) is 1. The molecule has 1 N–H and O–H groups in total. The van der Waals surface area contributed by atoms with Gasteiger partial charge in [-0.3, -0.25) is 4.79 Å². The molecule has 1 saturated heterocycles. The van der Waals surface area contributed by atoms with Gasteiger partial charge < -0.3 is 33.7 Å². The number of aliphatic hydroxyl groups is 1. The molecule has 2 aliphatic carbocycles. The summed E-state index contributed by atoms with van der Waals surface area (Å²) in [5.74, 6) is -0.703. The molecule has 0 aromatic heterocycles. The van der Waals surface area contributed by atoms with Gasteiger partial charge in [-0.1, -0.05) is 36.4 Å². The number of benzene rings is 2. The van der Waals surface area contributed by atoms with Crippen molar-refractivity contribution in [3.8, 4) is 11.5 Å². The van der Waals surface area contributed by atoms with Crippen molar-refractivity contribution in [3.63, 3.8) is 0 Å². The molecule has 2 aliphatic heterocycles. The molecule has 2 bridgehead atoms. The second kappa shape index (κ2) is 9.84. The smallest absolute Gasteiger partial charge is 0.477 e. The van der Waals surface area contributed by atoms with Crippen LogP contribution in [0.2, 0.25) is 0 Å². The molecule has 42 heavy (non-hydrogen) atoms. The summed E-state index contributed by atoms with van der Waals surface area (Å²) in [4.78, 5) is 40.3. The average Bonchev–Trinajstić information content (AvgIpc) is 3.27. The first-order valence-corrected chi connectivity index (χ1v) is 14.1. The molecule has 2 aromatic carbocycles. The molecule has 6 rings (SSSR count). The number of esters is 2. The van der Waals surface area contributed by atoms with Gasteiger partial charge in [-0.05, 0) is 64.9 Å². The van der Waals surface area contributed by atoms with Crippen LogP contribution in [0.4, 0.5) is 4.79 Å². The lowest BCUT2D eigenvalue weighted by molar-refractivity contribution is -0.176. The number of likely N-dealkylation sites (N-methyl/N-ethyl adjacent to an activating group) is 1. The fraction of sp³-hybridized carbons (Fsp3) is 0.469. The molecule has 1 unspecified atom stereocenters. The first-order chi connectivity index (χ1) is 19.8. The van der Waals surface area contributed by atoms with Crippen molar-refractivity contribution in [2.45, 2.75) is 81.8 Å². The van der Waals surface area contributed by atoms with E-state index in [9.17, 15) is 19.5 Å². The number of rotatable bonds is 5. The van der Waals surface area contributed by atoms with Gasteiger partial charge in [-0.15, -0.1) is 0 Å². The van der Waals surface area contributed by atoms with Crippen LogP contribution in [0.1, 0.15) is 63.3 Å². The SMILES string of the molecule is CC(=O)OC(C(=O)OC1=CC[C@@]2(O)[C@H]3Cc4ccc(OC(=O)OC(C)(C)C)c5c4[C@@]2(CCN3C)[C@H]1O5)c1ccccc1. The van der Waals surface area contributed by atoms with Crippen LogP contribution in [0, 0.1) is 0 Å². The van der Waals surface area contributed by atoms with Crippen molar-refractivity contribution in [1.82, 2.24) is 4.90 Å². The lowest BCUT2D eigenvalue weighted by Gasteiger charge is -2.61. The van der Waals surface area contributed by atoms with Gasteiger partial charge in [0.25, 0.3) is 0 Å². The number of ether oxygens (including phenoxy) is 5. The molecular formula is C32H35NO9. The highest BCUT2D eigenvalue weighted by atomic mass is 16.7. The Hall–Kier alpha value is -3.89. The maximum atomic E-state index is 13.6. The summed E-state index contributed by atoms with van der Waals surface area (Å²) < 4.78 is 28.9. The zero-order valence-electron chi connectivity index (χ0n) is 24.3. The molecule has 0 radical (unpaired) electrons.